The van der Waals surface area contributed by atoms with Gasteiger partial charge < -0.3 is 9.64 Å². The number of amides is 1. The summed E-state index contributed by atoms with van der Waals surface area (Å²) in [6.45, 7) is 1.80. The second-order valence-corrected chi connectivity index (χ2v) is 5.81. The Bertz CT molecular complexity index is 629. The maximum atomic E-state index is 11.3. The van der Waals surface area contributed by atoms with Crippen molar-refractivity contribution < 1.29 is 9.53 Å². The van der Waals surface area contributed by atoms with Crippen LogP contribution < -0.4 is 0 Å². The summed E-state index contributed by atoms with van der Waals surface area (Å²) in [5.74, 6) is 0. The van der Waals surface area contributed by atoms with Crippen LogP contribution in [0.5, 0.6) is 0 Å². The van der Waals surface area contributed by atoms with Crippen LogP contribution in [0.2, 0.25) is 5.02 Å². The number of carbonyl (C=O) groups is 1. The number of carbonyl (C=O) groups excluding carboxylic acids is 1. The molecule has 0 atom stereocenters. The van der Waals surface area contributed by atoms with Gasteiger partial charge in [0.1, 0.15) is 6.61 Å². The summed E-state index contributed by atoms with van der Waals surface area (Å²) in [5.41, 5.74) is 1.83. The minimum atomic E-state index is -0.229. The number of cyclic esters (lactones) is 1. The molecule has 1 fully saturated rings. The maximum absolute atomic E-state index is 11.3. The lowest BCUT2D eigenvalue weighted by molar-refractivity contribution is 0.159. The highest BCUT2D eigenvalue weighted by molar-refractivity contribution is 7.09. The third kappa shape index (κ3) is 2.78. The maximum Gasteiger partial charge on any atom is 0.409 e. The Hall–Kier alpha value is -1.59. The fraction of sp³-hybridized carbons (Fsp3) is 0.286. The van der Waals surface area contributed by atoms with Gasteiger partial charge in [-0.1, -0.05) is 29.8 Å². The van der Waals surface area contributed by atoms with Gasteiger partial charge in [0.25, 0.3) is 0 Å². The van der Waals surface area contributed by atoms with Crippen LogP contribution in [0, 0.1) is 0 Å². The summed E-state index contributed by atoms with van der Waals surface area (Å²) in [5, 5.41) is 3.70. The number of nitrogens with zero attached hydrogens (tertiary/aromatic N) is 2. The van der Waals surface area contributed by atoms with Crippen LogP contribution in [0.25, 0.3) is 11.3 Å². The van der Waals surface area contributed by atoms with E-state index < -0.39 is 0 Å². The van der Waals surface area contributed by atoms with Gasteiger partial charge in [0, 0.05) is 28.9 Å². The summed E-state index contributed by atoms with van der Waals surface area (Å²) >= 11 is 7.75. The highest BCUT2D eigenvalue weighted by Gasteiger charge is 2.21. The van der Waals surface area contributed by atoms with Crippen molar-refractivity contribution in [2.24, 2.45) is 0 Å². The van der Waals surface area contributed by atoms with Crippen molar-refractivity contribution in [2.75, 3.05) is 19.7 Å². The second kappa shape index (κ2) is 5.81. The Morgan fingerprint density at radius 1 is 1.40 bits per heavy atom. The molecule has 0 aliphatic carbocycles. The predicted octanol–water partition coefficient (Wildman–Crippen LogP) is 3.46. The van der Waals surface area contributed by atoms with Crippen molar-refractivity contribution in [2.45, 2.75) is 6.42 Å². The van der Waals surface area contributed by atoms with E-state index >= 15 is 0 Å². The average Bonchev–Trinajstić information content (AvgIpc) is 3.06. The number of halogens is 1. The van der Waals surface area contributed by atoms with E-state index in [1.54, 1.807) is 16.2 Å². The average molecular weight is 309 g/mol. The van der Waals surface area contributed by atoms with E-state index in [-0.39, 0.29) is 6.09 Å². The number of thiazole rings is 1. The lowest BCUT2D eigenvalue weighted by Crippen LogP contribution is -2.26. The third-order valence-electron chi connectivity index (χ3n) is 3.14. The van der Waals surface area contributed by atoms with Gasteiger partial charge in [0.2, 0.25) is 0 Å². The minimum absolute atomic E-state index is 0.229. The lowest BCUT2D eigenvalue weighted by Gasteiger charge is -2.10. The Morgan fingerprint density at radius 3 is 3.00 bits per heavy atom. The molecule has 0 N–H and O–H groups in total. The molecule has 0 bridgehead atoms. The molecule has 2 heterocycles. The normalized spacial score (nSPS) is 14.7. The Morgan fingerprint density at radius 2 is 2.25 bits per heavy atom. The van der Waals surface area contributed by atoms with E-state index in [0.29, 0.717) is 24.7 Å². The van der Waals surface area contributed by atoms with Gasteiger partial charge in [-0.15, -0.1) is 11.3 Å². The predicted molar refractivity (Wildman–Crippen MR) is 79.2 cm³/mol. The van der Waals surface area contributed by atoms with Crippen molar-refractivity contribution in [1.82, 2.24) is 9.88 Å². The highest BCUT2D eigenvalue weighted by atomic mass is 35.5. The standard InChI is InChI=1S/C14H13ClN2O2S/c15-11-4-2-1-3-10(11)12-9-20-13(16-12)5-6-17-7-8-19-14(17)18/h1-4,9H,5-8H2. The van der Waals surface area contributed by atoms with Crippen LogP contribution in [0.3, 0.4) is 0 Å². The van der Waals surface area contributed by atoms with Gasteiger partial charge in [-0.3, -0.25) is 0 Å². The Kier molecular flexibility index (Phi) is 3.89. The quantitative estimate of drug-likeness (QED) is 0.868. The minimum Gasteiger partial charge on any atom is -0.448 e. The fourth-order valence-electron chi connectivity index (χ4n) is 2.08. The van der Waals surface area contributed by atoms with E-state index in [2.05, 4.69) is 4.98 Å². The first-order valence-corrected chi connectivity index (χ1v) is 7.61. The molecule has 0 radical (unpaired) electrons. The van der Waals surface area contributed by atoms with Gasteiger partial charge in [0.05, 0.1) is 17.2 Å². The molecule has 3 rings (SSSR count). The molecule has 6 heteroatoms. The number of hydrogen-bond donors (Lipinski definition) is 0. The molecule has 1 aliphatic rings. The van der Waals surface area contributed by atoms with E-state index in [9.17, 15) is 4.79 Å². The molecule has 4 nitrogen and oxygen atoms in total. The zero-order valence-corrected chi connectivity index (χ0v) is 12.3. The van der Waals surface area contributed by atoms with Crippen molar-refractivity contribution in [3.05, 3.63) is 39.7 Å². The van der Waals surface area contributed by atoms with Crippen LogP contribution in [0.4, 0.5) is 4.79 Å². The largest absolute Gasteiger partial charge is 0.448 e. The molecule has 1 aromatic carbocycles. The number of rotatable bonds is 4. The summed E-state index contributed by atoms with van der Waals surface area (Å²) in [7, 11) is 0. The van der Waals surface area contributed by atoms with E-state index in [0.717, 1.165) is 22.7 Å². The van der Waals surface area contributed by atoms with Crippen LogP contribution in [-0.4, -0.2) is 35.7 Å². The Labute approximate surface area is 126 Å². The van der Waals surface area contributed by atoms with Crippen molar-refractivity contribution in [3.8, 4) is 11.3 Å². The van der Waals surface area contributed by atoms with Crippen molar-refractivity contribution in [3.63, 3.8) is 0 Å². The van der Waals surface area contributed by atoms with Crippen molar-refractivity contribution in [1.29, 1.82) is 0 Å². The van der Waals surface area contributed by atoms with Crippen molar-refractivity contribution >= 4 is 29.0 Å². The van der Waals surface area contributed by atoms with Crippen LogP contribution >= 0.6 is 22.9 Å². The summed E-state index contributed by atoms with van der Waals surface area (Å²) < 4.78 is 4.90. The Balaban J connectivity index is 1.68. The number of ether oxygens (including phenoxy) is 1. The summed E-state index contributed by atoms with van der Waals surface area (Å²) in [6.07, 6.45) is 0.511. The zero-order chi connectivity index (χ0) is 13.9. The SMILES string of the molecule is O=C1OCCN1CCc1nc(-c2ccccc2Cl)cs1. The van der Waals surface area contributed by atoms with Crippen LogP contribution in [-0.2, 0) is 11.2 Å². The van der Waals surface area contributed by atoms with Gasteiger partial charge in [-0.25, -0.2) is 9.78 Å². The van der Waals surface area contributed by atoms with Gasteiger partial charge in [0.15, 0.2) is 0 Å². The van der Waals surface area contributed by atoms with E-state index in [1.165, 1.54) is 0 Å². The molecule has 1 saturated heterocycles. The van der Waals surface area contributed by atoms with Gasteiger partial charge in [-0.05, 0) is 6.07 Å². The first-order valence-electron chi connectivity index (χ1n) is 6.35. The molecule has 0 saturated carbocycles. The monoisotopic (exact) mass is 308 g/mol. The fourth-order valence-corrected chi connectivity index (χ4v) is 3.10. The molecular weight excluding hydrogens is 296 g/mol. The lowest BCUT2D eigenvalue weighted by atomic mass is 10.2. The second-order valence-electron chi connectivity index (χ2n) is 4.46. The summed E-state index contributed by atoms with van der Waals surface area (Å²) in [6, 6.07) is 7.66. The molecular formula is C14H13ClN2O2S. The third-order valence-corrected chi connectivity index (χ3v) is 4.38. The molecule has 2 aromatic rings. The zero-order valence-electron chi connectivity index (χ0n) is 10.7. The molecule has 0 spiro atoms. The molecule has 1 aliphatic heterocycles. The first-order chi connectivity index (χ1) is 9.74. The molecule has 0 unspecified atom stereocenters. The van der Waals surface area contributed by atoms with Crippen LogP contribution in [0.15, 0.2) is 29.6 Å². The topological polar surface area (TPSA) is 42.4 Å². The van der Waals surface area contributed by atoms with E-state index in [1.807, 2.05) is 29.6 Å². The molecule has 104 valence electrons. The van der Waals surface area contributed by atoms with Gasteiger partial charge >= 0.3 is 6.09 Å². The van der Waals surface area contributed by atoms with Crippen LogP contribution in [0.1, 0.15) is 5.01 Å². The van der Waals surface area contributed by atoms with E-state index in [4.69, 9.17) is 16.3 Å². The summed E-state index contributed by atoms with van der Waals surface area (Å²) in [4.78, 5) is 17.6. The number of benzene rings is 1. The molecule has 20 heavy (non-hydrogen) atoms. The number of aromatic nitrogens is 1. The smallest absolute Gasteiger partial charge is 0.409 e. The number of hydrogen-bond acceptors (Lipinski definition) is 4. The van der Waals surface area contributed by atoms with Gasteiger partial charge in [-0.2, -0.15) is 0 Å². The first kappa shape index (κ1) is 13.4. The molecule has 1 aromatic heterocycles. The molecule has 1 amide bonds. The highest BCUT2D eigenvalue weighted by Crippen LogP contribution is 2.28.